The molecule has 0 spiro atoms. The van der Waals surface area contributed by atoms with Gasteiger partial charge in [0.25, 0.3) is 0 Å². The molecule has 3 rings (SSSR count). The van der Waals surface area contributed by atoms with E-state index in [4.69, 9.17) is 0 Å². The van der Waals surface area contributed by atoms with E-state index in [1.807, 2.05) is 11.8 Å². The number of thioether (sulfide) groups is 1. The van der Waals surface area contributed by atoms with Crippen molar-refractivity contribution in [2.24, 2.45) is 5.41 Å². The van der Waals surface area contributed by atoms with Crippen LogP contribution in [-0.4, -0.2) is 25.8 Å². The smallest absolute Gasteiger partial charge is 0.191 e. The van der Waals surface area contributed by atoms with Crippen LogP contribution in [0.5, 0.6) is 0 Å². The van der Waals surface area contributed by atoms with Crippen LogP contribution < -0.4 is 0 Å². The van der Waals surface area contributed by atoms with Gasteiger partial charge in [-0.15, -0.1) is 10.2 Å². The van der Waals surface area contributed by atoms with Gasteiger partial charge in [0, 0.05) is 24.0 Å². The van der Waals surface area contributed by atoms with Crippen LogP contribution in [0.1, 0.15) is 57.2 Å². The van der Waals surface area contributed by atoms with Crippen LogP contribution in [0.4, 0.5) is 0 Å². The molecule has 1 aromatic rings. The fraction of sp³-hybridized carbons (Fsp3) is 0.867. The van der Waals surface area contributed by atoms with Gasteiger partial charge in [0.05, 0.1) is 0 Å². The number of alkyl halides is 1. The first kappa shape index (κ1) is 14.9. The summed E-state index contributed by atoms with van der Waals surface area (Å²) in [5, 5.41) is 11.2. The number of fused-ring (bicyclic) bond motifs is 1. The second-order valence-corrected chi connectivity index (χ2v) is 7.85. The Morgan fingerprint density at radius 3 is 2.65 bits per heavy atom. The third-order valence-corrected chi connectivity index (χ3v) is 7.29. The molecule has 5 heteroatoms. The lowest BCUT2D eigenvalue weighted by atomic mass is 9.77. The molecular formula is C15H24BrN3S. The molecule has 0 aromatic carbocycles. The van der Waals surface area contributed by atoms with Gasteiger partial charge in [-0.1, -0.05) is 53.4 Å². The van der Waals surface area contributed by atoms with Gasteiger partial charge in [-0.25, -0.2) is 0 Å². The van der Waals surface area contributed by atoms with Crippen LogP contribution in [-0.2, 0) is 13.0 Å². The summed E-state index contributed by atoms with van der Waals surface area (Å²) in [4.78, 5) is 0. The van der Waals surface area contributed by atoms with Crippen LogP contribution in [0.2, 0.25) is 0 Å². The highest BCUT2D eigenvalue weighted by Crippen LogP contribution is 2.41. The number of hydrogen-bond donors (Lipinski definition) is 0. The molecule has 1 aliphatic heterocycles. The molecule has 3 nitrogen and oxygen atoms in total. The third kappa shape index (κ3) is 3.24. The topological polar surface area (TPSA) is 30.7 Å². The molecular weight excluding hydrogens is 334 g/mol. The average molecular weight is 358 g/mol. The molecule has 2 aliphatic rings. The molecule has 112 valence electrons. The molecule has 0 radical (unpaired) electrons. The highest BCUT2D eigenvalue weighted by atomic mass is 79.9. The predicted molar refractivity (Wildman–Crippen MR) is 87.6 cm³/mol. The average Bonchev–Trinajstić information content (AvgIpc) is 2.73. The van der Waals surface area contributed by atoms with Crippen LogP contribution >= 0.6 is 27.7 Å². The zero-order valence-corrected chi connectivity index (χ0v) is 14.5. The van der Waals surface area contributed by atoms with Gasteiger partial charge >= 0.3 is 0 Å². The third-order valence-electron chi connectivity index (χ3n) is 4.78. The van der Waals surface area contributed by atoms with E-state index in [0.29, 0.717) is 5.41 Å². The van der Waals surface area contributed by atoms with E-state index in [2.05, 4.69) is 30.7 Å². The summed E-state index contributed by atoms with van der Waals surface area (Å²) < 4.78 is 2.38. The van der Waals surface area contributed by atoms with Crippen LogP contribution in [0.3, 0.4) is 0 Å². The normalized spacial score (nSPS) is 22.2. The lowest BCUT2D eigenvalue weighted by molar-refractivity contribution is 0.260. The predicted octanol–water partition coefficient (Wildman–Crippen LogP) is 4.44. The maximum atomic E-state index is 4.45. The van der Waals surface area contributed by atoms with E-state index in [9.17, 15) is 0 Å². The van der Waals surface area contributed by atoms with Crippen molar-refractivity contribution in [3.63, 3.8) is 0 Å². The quantitative estimate of drug-likeness (QED) is 0.589. The van der Waals surface area contributed by atoms with Crippen molar-refractivity contribution in [3.05, 3.63) is 5.82 Å². The molecule has 1 fully saturated rings. The van der Waals surface area contributed by atoms with Gasteiger partial charge in [-0.05, 0) is 31.1 Å². The van der Waals surface area contributed by atoms with E-state index < -0.39 is 0 Å². The van der Waals surface area contributed by atoms with Crippen molar-refractivity contribution in [3.8, 4) is 0 Å². The van der Waals surface area contributed by atoms with Crippen molar-refractivity contribution in [2.45, 2.75) is 69.5 Å². The molecule has 20 heavy (non-hydrogen) atoms. The largest absolute Gasteiger partial charge is 0.306 e. The SMILES string of the molecule is BrCC1(CSc2nnc3n2CCCCC3)CCCCC1. The van der Waals surface area contributed by atoms with E-state index in [-0.39, 0.29) is 0 Å². The fourth-order valence-electron chi connectivity index (χ4n) is 3.40. The second-order valence-electron chi connectivity index (χ2n) is 6.34. The van der Waals surface area contributed by atoms with Gasteiger partial charge in [0.2, 0.25) is 0 Å². The Morgan fingerprint density at radius 2 is 1.85 bits per heavy atom. The zero-order chi connectivity index (χ0) is 13.8. The van der Waals surface area contributed by atoms with Crippen LogP contribution in [0.15, 0.2) is 5.16 Å². The number of halogens is 1. The first-order valence-corrected chi connectivity index (χ1v) is 10.0. The molecule has 2 heterocycles. The minimum Gasteiger partial charge on any atom is -0.306 e. The number of nitrogens with zero attached hydrogens (tertiary/aromatic N) is 3. The van der Waals surface area contributed by atoms with Crippen molar-refractivity contribution in [2.75, 3.05) is 11.1 Å². The number of aryl methyl sites for hydroxylation is 1. The van der Waals surface area contributed by atoms with Crippen molar-refractivity contribution in [1.82, 2.24) is 14.8 Å². The fourth-order valence-corrected chi connectivity index (χ4v) is 5.70. The summed E-state index contributed by atoms with van der Waals surface area (Å²) in [5.41, 5.74) is 0.486. The lowest BCUT2D eigenvalue weighted by Crippen LogP contribution is -2.28. The monoisotopic (exact) mass is 357 g/mol. The van der Waals surface area contributed by atoms with Gasteiger partial charge in [0.1, 0.15) is 5.82 Å². The van der Waals surface area contributed by atoms with E-state index in [0.717, 1.165) is 23.5 Å². The molecule has 0 unspecified atom stereocenters. The maximum absolute atomic E-state index is 4.45. The highest BCUT2D eigenvalue weighted by molar-refractivity contribution is 9.09. The first-order valence-electron chi connectivity index (χ1n) is 7.94. The Kier molecular flexibility index (Phi) is 5.08. The van der Waals surface area contributed by atoms with Gasteiger partial charge in [-0.2, -0.15) is 0 Å². The minimum atomic E-state index is 0.486. The summed E-state index contributed by atoms with van der Waals surface area (Å²) in [6.45, 7) is 1.12. The van der Waals surface area contributed by atoms with Crippen molar-refractivity contribution >= 4 is 27.7 Å². The Morgan fingerprint density at radius 1 is 1.05 bits per heavy atom. The Labute approximate surface area is 134 Å². The first-order chi connectivity index (χ1) is 9.83. The Balaban J connectivity index is 1.67. The van der Waals surface area contributed by atoms with Gasteiger partial charge in [0.15, 0.2) is 5.16 Å². The molecule has 1 aromatic heterocycles. The summed E-state index contributed by atoms with van der Waals surface area (Å²) in [7, 11) is 0. The lowest BCUT2D eigenvalue weighted by Gasteiger charge is -2.35. The molecule has 0 atom stereocenters. The molecule has 1 aliphatic carbocycles. The molecule has 0 N–H and O–H groups in total. The molecule has 0 amide bonds. The van der Waals surface area contributed by atoms with Gasteiger partial charge < -0.3 is 4.57 Å². The molecule has 0 saturated heterocycles. The van der Waals surface area contributed by atoms with Crippen LogP contribution in [0, 0.1) is 5.41 Å². The molecule has 1 saturated carbocycles. The van der Waals surface area contributed by atoms with E-state index in [1.54, 1.807) is 0 Å². The maximum Gasteiger partial charge on any atom is 0.191 e. The minimum absolute atomic E-state index is 0.486. The number of hydrogen-bond acceptors (Lipinski definition) is 3. The standard InChI is InChI=1S/C15H24BrN3S/c16-11-15(8-4-2-5-9-15)12-20-14-18-17-13-7-3-1-6-10-19(13)14/h1-12H2. The zero-order valence-electron chi connectivity index (χ0n) is 12.1. The highest BCUT2D eigenvalue weighted by Gasteiger charge is 2.31. The van der Waals surface area contributed by atoms with Gasteiger partial charge in [-0.3, -0.25) is 0 Å². The van der Waals surface area contributed by atoms with E-state index >= 15 is 0 Å². The summed E-state index contributed by atoms with van der Waals surface area (Å²) in [6, 6.07) is 0. The van der Waals surface area contributed by atoms with E-state index in [1.165, 1.54) is 62.9 Å². The number of aromatic nitrogens is 3. The molecule has 0 bridgehead atoms. The second kappa shape index (κ2) is 6.82. The number of rotatable bonds is 4. The summed E-state index contributed by atoms with van der Waals surface area (Å²) >= 11 is 5.70. The van der Waals surface area contributed by atoms with Crippen LogP contribution in [0.25, 0.3) is 0 Å². The Hall–Kier alpha value is -0.0300. The van der Waals surface area contributed by atoms with Crippen molar-refractivity contribution < 1.29 is 0 Å². The summed E-state index contributed by atoms with van der Waals surface area (Å²) in [6.07, 6.45) is 11.9. The summed E-state index contributed by atoms with van der Waals surface area (Å²) in [5.74, 6) is 2.40. The Bertz CT molecular complexity index is 440. The van der Waals surface area contributed by atoms with Crippen molar-refractivity contribution in [1.29, 1.82) is 0 Å².